The van der Waals surface area contributed by atoms with Crippen molar-refractivity contribution in [1.29, 1.82) is 0 Å². The van der Waals surface area contributed by atoms with E-state index in [0.29, 0.717) is 6.61 Å². The van der Waals surface area contributed by atoms with Crippen molar-refractivity contribution in [2.45, 2.75) is 39.5 Å². The van der Waals surface area contributed by atoms with E-state index >= 15 is 0 Å². The first-order valence-corrected chi connectivity index (χ1v) is 8.41. The quantitative estimate of drug-likeness (QED) is 0.763. The Hall–Kier alpha value is -1.14. The molecule has 0 amide bonds. The Labute approximate surface area is 133 Å². The maximum atomic E-state index is 11.1. The SMILES string of the molecule is CCN1CCCC(C(=O)O)C1.CCOC(=O)C1CCCNC1. The van der Waals surface area contributed by atoms with E-state index in [1.165, 1.54) is 0 Å². The zero-order valence-corrected chi connectivity index (χ0v) is 13.8. The average molecular weight is 314 g/mol. The summed E-state index contributed by atoms with van der Waals surface area (Å²) in [6.07, 6.45) is 3.95. The zero-order chi connectivity index (χ0) is 16.4. The predicted molar refractivity (Wildman–Crippen MR) is 84.7 cm³/mol. The van der Waals surface area contributed by atoms with Crippen molar-refractivity contribution in [3.8, 4) is 0 Å². The number of esters is 1. The summed E-state index contributed by atoms with van der Waals surface area (Å²) in [6, 6.07) is 0. The lowest BCUT2D eigenvalue weighted by atomic mass is 9.98. The monoisotopic (exact) mass is 314 g/mol. The van der Waals surface area contributed by atoms with Crippen LogP contribution in [-0.4, -0.2) is 61.3 Å². The van der Waals surface area contributed by atoms with Crippen molar-refractivity contribution in [2.75, 3.05) is 39.3 Å². The lowest BCUT2D eigenvalue weighted by molar-refractivity contribution is -0.148. The molecule has 0 saturated carbocycles. The van der Waals surface area contributed by atoms with Gasteiger partial charge in [0.05, 0.1) is 18.4 Å². The second-order valence-electron chi connectivity index (χ2n) is 5.87. The summed E-state index contributed by atoms with van der Waals surface area (Å²) in [5, 5.41) is 11.9. The summed E-state index contributed by atoms with van der Waals surface area (Å²) in [4.78, 5) is 23.9. The van der Waals surface area contributed by atoms with Gasteiger partial charge in [-0.2, -0.15) is 0 Å². The molecular weight excluding hydrogens is 284 g/mol. The fourth-order valence-corrected chi connectivity index (χ4v) is 2.86. The Bertz CT molecular complexity index is 343. The molecular formula is C16H30N2O4. The van der Waals surface area contributed by atoms with E-state index in [-0.39, 0.29) is 17.8 Å². The highest BCUT2D eigenvalue weighted by atomic mass is 16.5. The van der Waals surface area contributed by atoms with Gasteiger partial charge in [0.25, 0.3) is 0 Å². The van der Waals surface area contributed by atoms with Crippen LogP contribution in [0.1, 0.15) is 39.5 Å². The largest absolute Gasteiger partial charge is 0.481 e. The molecule has 0 radical (unpaired) electrons. The fourth-order valence-electron chi connectivity index (χ4n) is 2.86. The van der Waals surface area contributed by atoms with Gasteiger partial charge in [-0.1, -0.05) is 6.92 Å². The summed E-state index contributed by atoms with van der Waals surface area (Å²) < 4.78 is 4.90. The number of ether oxygens (including phenoxy) is 1. The molecule has 128 valence electrons. The minimum atomic E-state index is -0.636. The molecule has 2 fully saturated rings. The highest BCUT2D eigenvalue weighted by molar-refractivity contribution is 5.72. The Morgan fingerprint density at radius 2 is 1.95 bits per heavy atom. The van der Waals surface area contributed by atoms with Crippen LogP contribution in [0.4, 0.5) is 0 Å². The van der Waals surface area contributed by atoms with Crippen molar-refractivity contribution in [2.24, 2.45) is 11.8 Å². The first-order chi connectivity index (χ1) is 10.6. The van der Waals surface area contributed by atoms with E-state index in [1.54, 1.807) is 0 Å². The van der Waals surface area contributed by atoms with Crippen LogP contribution in [0.25, 0.3) is 0 Å². The Balaban J connectivity index is 0.000000220. The molecule has 22 heavy (non-hydrogen) atoms. The van der Waals surface area contributed by atoms with E-state index in [4.69, 9.17) is 9.84 Å². The van der Waals surface area contributed by atoms with Gasteiger partial charge in [-0.05, 0) is 52.2 Å². The van der Waals surface area contributed by atoms with Gasteiger partial charge in [-0.25, -0.2) is 0 Å². The third-order valence-electron chi connectivity index (χ3n) is 4.22. The van der Waals surface area contributed by atoms with E-state index in [0.717, 1.165) is 58.4 Å². The van der Waals surface area contributed by atoms with Crippen LogP contribution in [-0.2, 0) is 14.3 Å². The number of nitrogens with zero attached hydrogens (tertiary/aromatic N) is 1. The molecule has 0 bridgehead atoms. The first kappa shape index (κ1) is 18.9. The molecule has 2 rings (SSSR count). The van der Waals surface area contributed by atoms with Crippen LogP contribution in [0.5, 0.6) is 0 Å². The molecule has 0 aromatic carbocycles. The maximum Gasteiger partial charge on any atom is 0.310 e. The number of carbonyl (C=O) groups excluding carboxylic acids is 1. The number of carbonyl (C=O) groups is 2. The van der Waals surface area contributed by atoms with Gasteiger partial charge in [-0.15, -0.1) is 0 Å². The number of hydrogen-bond acceptors (Lipinski definition) is 5. The van der Waals surface area contributed by atoms with Gasteiger partial charge in [-0.3, -0.25) is 9.59 Å². The number of nitrogens with one attached hydrogen (secondary N) is 1. The Kier molecular flexibility index (Phi) is 9.08. The molecule has 6 nitrogen and oxygen atoms in total. The topological polar surface area (TPSA) is 78.9 Å². The number of hydrogen-bond donors (Lipinski definition) is 2. The number of carboxylic acid groups (broad SMARTS) is 1. The zero-order valence-electron chi connectivity index (χ0n) is 13.8. The lowest BCUT2D eigenvalue weighted by Crippen LogP contribution is -2.38. The molecule has 2 N–H and O–H groups in total. The summed E-state index contributed by atoms with van der Waals surface area (Å²) >= 11 is 0. The predicted octanol–water partition coefficient (Wildman–Crippen LogP) is 1.35. The number of piperidine rings is 2. The fraction of sp³-hybridized carbons (Fsp3) is 0.875. The minimum Gasteiger partial charge on any atom is -0.481 e. The van der Waals surface area contributed by atoms with E-state index < -0.39 is 5.97 Å². The molecule has 0 aliphatic carbocycles. The Morgan fingerprint density at radius 1 is 1.23 bits per heavy atom. The summed E-state index contributed by atoms with van der Waals surface area (Å²) in [7, 11) is 0. The molecule has 2 heterocycles. The smallest absolute Gasteiger partial charge is 0.310 e. The van der Waals surface area contributed by atoms with Crippen molar-refractivity contribution in [1.82, 2.24) is 10.2 Å². The van der Waals surface area contributed by atoms with Crippen LogP contribution in [0.2, 0.25) is 0 Å². The Morgan fingerprint density at radius 3 is 2.50 bits per heavy atom. The van der Waals surface area contributed by atoms with Gasteiger partial charge in [0.2, 0.25) is 0 Å². The maximum absolute atomic E-state index is 11.1. The summed E-state index contributed by atoms with van der Waals surface area (Å²) in [6.45, 7) is 9.03. The molecule has 6 heteroatoms. The van der Waals surface area contributed by atoms with Gasteiger partial charge < -0.3 is 20.1 Å². The van der Waals surface area contributed by atoms with Crippen molar-refractivity contribution >= 4 is 11.9 Å². The van der Waals surface area contributed by atoms with E-state index in [9.17, 15) is 9.59 Å². The van der Waals surface area contributed by atoms with Crippen LogP contribution in [0.3, 0.4) is 0 Å². The van der Waals surface area contributed by atoms with Crippen molar-refractivity contribution in [3.05, 3.63) is 0 Å². The van der Waals surface area contributed by atoms with Crippen molar-refractivity contribution in [3.63, 3.8) is 0 Å². The molecule has 2 aliphatic rings. The molecule has 0 aromatic rings. The summed E-state index contributed by atoms with van der Waals surface area (Å²) in [5.74, 6) is -0.699. The van der Waals surface area contributed by atoms with Gasteiger partial charge in [0.1, 0.15) is 0 Å². The number of carboxylic acids is 1. The summed E-state index contributed by atoms with van der Waals surface area (Å²) in [5.41, 5.74) is 0. The normalized spacial score (nSPS) is 25.7. The second-order valence-corrected chi connectivity index (χ2v) is 5.87. The average Bonchev–Trinajstić information content (AvgIpc) is 2.56. The molecule has 2 saturated heterocycles. The van der Waals surface area contributed by atoms with Crippen LogP contribution < -0.4 is 5.32 Å². The van der Waals surface area contributed by atoms with E-state index in [2.05, 4.69) is 17.1 Å². The van der Waals surface area contributed by atoms with E-state index in [1.807, 2.05) is 6.92 Å². The number of likely N-dealkylation sites (tertiary alicyclic amines) is 1. The molecule has 0 aromatic heterocycles. The number of aliphatic carboxylic acids is 1. The third kappa shape index (κ3) is 6.75. The first-order valence-electron chi connectivity index (χ1n) is 8.41. The highest BCUT2D eigenvalue weighted by Gasteiger charge is 2.24. The second kappa shape index (κ2) is 10.6. The highest BCUT2D eigenvalue weighted by Crippen LogP contribution is 2.15. The van der Waals surface area contributed by atoms with Crippen LogP contribution >= 0.6 is 0 Å². The number of rotatable bonds is 4. The molecule has 2 unspecified atom stereocenters. The van der Waals surface area contributed by atoms with Gasteiger partial charge in [0.15, 0.2) is 0 Å². The van der Waals surface area contributed by atoms with Gasteiger partial charge >= 0.3 is 11.9 Å². The lowest BCUT2D eigenvalue weighted by Gasteiger charge is -2.29. The van der Waals surface area contributed by atoms with Gasteiger partial charge in [0, 0.05) is 13.1 Å². The van der Waals surface area contributed by atoms with Crippen LogP contribution in [0.15, 0.2) is 0 Å². The standard InChI is InChI=1S/2C8H15NO2/c1-2-11-8(10)7-4-3-5-9-6-7;1-2-9-5-3-4-7(6-9)8(10)11/h7,9H,2-6H2,1H3;7H,2-6H2,1H3,(H,10,11). The minimum absolute atomic E-state index is 0.0419. The molecule has 0 spiro atoms. The molecule has 2 aliphatic heterocycles. The third-order valence-corrected chi connectivity index (χ3v) is 4.22. The molecule has 2 atom stereocenters. The van der Waals surface area contributed by atoms with Crippen molar-refractivity contribution < 1.29 is 19.4 Å². The van der Waals surface area contributed by atoms with Crippen LogP contribution in [0, 0.1) is 11.8 Å².